The van der Waals surface area contributed by atoms with E-state index in [0.717, 1.165) is 0 Å². The van der Waals surface area contributed by atoms with E-state index in [1.165, 1.54) is 25.1 Å². The lowest BCUT2D eigenvalue weighted by atomic mass is 10.1. The zero-order valence-corrected chi connectivity index (χ0v) is 9.54. The highest BCUT2D eigenvalue weighted by molar-refractivity contribution is 5.97. The SMILES string of the molecule is CC(=O)c1ccc(C#N)cc1OCCC(F)(F)F. The zero-order valence-electron chi connectivity index (χ0n) is 9.54. The van der Waals surface area contributed by atoms with Gasteiger partial charge in [-0.2, -0.15) is 18.4 Å². The zero-order chi connectivity index (χ0) is 13.8. The number of carbonyl (C=O) groups is 1. The number of carbonyl (C=O) groups excluding carboxylic acids is 1. The summed E-state index contributed by atoms with van der Waals surface area (Å²) in [4.78, 5) is 11.2. The average molecular weight is 257 g/mol. The lowest BCUT2D eigenvalue weighted by Crippen LogP contribution is -2.14. The molecular weight excluding hydrogens is 247 g/mol. The number of Topliss-reactive ketones (excluding diaryl/α,β-unsaturated/α-hetero) is 1. The Hall–Kier alpha value is -2.03. The Morgan fingerprint density at radius 3 is 2.61 bits per heavy atom. The normalized spacial score (nSPS) is 10.8. The smallest absolute Gasteiger partial charge is 0.392 e. The van der Waals surface area contributed by atoms with E-state index in [-0.39, 0.29) is 22.7 Å². The van der Waals surface area contributed by atoms with Gasteiger partial charge in [0.25, 0.3) is 0 Å². The van der Waals surface area contributed by atoms with E-state index in [1.54, 1.807) is 0 Å². The van der Waals surface area contributed by atoms with Crippen LogP contribution in [0.1, 0.15) is 29.3 Å². The number of hydrogen-bond acceptors (Lipinski definition) is 3. The molecule has 0 aliphatic heterocycles. The van der Waals surface area contributed by atoms with Crippen LogP contribution in [-0.4, -0.2) is 18.6 Å². The Bertz CT molecular complexity index is 489. The Balaban J connectivity index is 2.85. The van der Waals surface area contributed by atoms with Crippen LogP contribution >= 0.6 is 0 Å². The number of hydrogen-bond donors (Lipinski definition) is 0. The van der Waals surface area contributed by atoms with Gasteiger partial charge in [0.2, 0.25) is 0 Å². The van der Waals surface area contributed by atoms with Crippen molar-refractivity contribution in [1.82, 2.24) is 0 Å². The number of benzene rings is 1. The molecule has 0 bridgehead atoms. The fraction of sp³-hybridized carbons (Fsp3) is 0.333. The largest absolute Gasteiger partial charge is 0.492 e. The molecule has 96 valence electrons. The van der Waals surface area contributed by atoms with E-state index in [2.05, 4.69) is 0 Å². The molecule has 1 aromatic rings. The Morgan fingerprint density at radius 2 is 2.11 bits per heavy atom. The van der Waals surface area contributed by atoms with E-state index < -0.39 is 19.2 Å². The summed E-state index contributed by atoms with van der Waals surface area (Å²) in [5, 5.41) is 8.68. The lowest BCUT2D eigenvalue weighted by molar-refractivity contribution is -0.139. The second kappa shape index (κ2) is 5.54. The third kappa shape index (κ3) is 4.09. The van der Waals surface area contributed by atoms with Crippen LogP contribution in [0.2, 0.25) is 0 Å². The molecule has 18 heavy (non-hydrogen) atoms. The molecule has 6 heteroatoms. The van der Waals surface area contributed by atoms with E-state index >= 15 is 0 Å². The molecule has 0 saturated carbocycles. The van der Waals surface area contributed by atoms with Crippen LogP contribution in [0.4, 0.5) is 13.2 Å². The van der Waals surface area contributed by atoms with Crippen LogP contribution in [0.15, 0.2) is 18.2 Å². The minimum absolute atomic E-state index is 0.00537. The molecule has 0 aliphatic carbocycles. The Labute approximate surface area is 102 Å². The predicted molar refractivity (Wildman–Crippen MR) is 57.3 cm³/mol. The summed E-state index contributed by atoms with van der Waals surface area (Å²) in [6.07, 6.45) is -5.43. The monoisotopic (exact) mass is 257 g/mol. The van der Waals surface area contributed by atoms with Crippen LogP contribution < -0.4 is 4.74 Å². The molecule has 0 N–H and O–H groups in total. The lowest BCUT2D eigenvalue weighted by Gasteiger charge is -2.11. The van der Waals surface area contributed by atoms with Gasteiger partial charge < -0.3 is 4.74 Å². The third-order valence-electron chi connectivity index (χ3n) is 2.13. The van der Waals surface area contributed by atoms with Gasteiger partial charge in [0.1, 0.15) is 5.75 Å². The first kappa shape index (κ1) is 14.0. The van der Waals surface area contributed by atoms with Gasteiger partial charge in [-0.15, -0.1) is 0 Å². The summed E-state index contributed by atoms with van der Waals surface area (Å²) in [6, 6.07) is 5.86. The number of nitriles is 1. The highest BCUT2D eigenvalue weighted by Gasteiger charge is 2.27. The van der Waals surface area contributed by atoms with Gasteiger partial charge in [0.15, 0.2) is 5.78 Å². The maximum Gasteiger partial charge on any atom is 0.392 e. The second-order valence-corrected chi connectivity index (χ2v) is 3.59. The maximum absolute atomic E-state index is 12.0. The summed E-state index contributed by atoms with van der Waals surface area (Å²) in [5.74, 6) is -0.327. The van der Waals surface area contributed by atoms with E-state index in [9.17, 15) is 18.0 Å². The summed E-state index contributed by atoms with van der Waals surface area (Å²) < 4.78 is 40.8. The second-order valence-electron chi connectivity index (χ2n) is 3.59. The van der Waals surface area contributed by atoms with Crippen LogP contribution in [0.5, 0.6) is 5.75 Å². The molecule has 0 saturated heterocycles. The quantitative estimate of drug-likeness (QED) is 0.779. The average Bonchev–Trinajstić information content (AvgIpc) is 2.26. The molecule has 0 spiro atoms. The molecule has 0 atom stereocenters. The molecule has 0 unspecified atom stereocenters. The van der Waals surface area contributed by atoms with Crippen molar-refractivity contribution >= 4 is 5.78 Å². The minimum atomic E-state index is -4.32. The first-order valence-corrected chi connectivity index (χ1v) is 5.08. The summed E-state index contributed by atoms with van der Waals surface area (Å²) in [7, 11) is 0. The number of halogens is 3. The van der Waals surface area contributed by atoms with Crippen molar-refractivity contribution in [3.63, 3.8) is 0 Å². The molecule has 3 nitrogen and oxygen atoms in total. The van der Waals surface area contributed by atoms with Crippen molar-refractivity contribution in [1.29, 1.82) is 5.26 Å². The van der Waals surface area contributed by atoms with Crippen molar-refractivity contribution < 1.29 is 22.7 Å². The number of nitrogens with zero attached hydrogens (tertiary/aromatic N) is 1. The van der Waals surface area contributed by atoms with E-state index in [1.807, 2.05) is 6.07 Å². The minimum Gasteiger partial charge on any atom is -0.492 e. The molecule has 0 radical (unpaired) electrons. The van der Waals surface area contributed by atoms with E-state index in [0.29, 0.717) is 0 Å². The first-order valence-electron chi connectivity index (χ1n) is 5.08. The van der Waals surface area contributed by atoms with Crippen molar-refractivity contribution in [3.8, 4) is 11.8 Å². The van der Waals surface area contributed by atoms with Crippen LogP contribution in [-0.2, 0) is 0 Å². The van der Waals surface area contributed by atoms with Crippen molar-refractivity contribution in [2.24, 2.45) is 0 Å². The standard InChI is InChI=1S/C12H10F3NO2/c1-8(17)10-3-2-9(7-16)6-11(10)18-5-4-12(13,14)15/h2-3,6H,4-5H2,1H3. The van der Waals surface area contributed by atoms with Crippen LogP contribution in [0.25, 0.3) is 0 Å². The fourth-order valence-corrected chi connectivity index (χ4v) is 1.28. The Morgan fingerprint density at radius 1 is 1.44 bits per heavy atom. The van der Waals surface area contributed by atoms with Crippen molar-refractivity contribution in [2.75, 3.05) is 6.61 Å². The molecule has 0 aliphatic rings. The maximum atomic E-state index is 12.0. The molecule has 0 aromatic heterocycles. The van der Waals surface area contributed by atoms with Gasteiger partial charge in [0.05, 0.1) is 30.2 Å². The highest BCUT2D eigenvalue weighted by atomic mass is 19.4. The van der Waals surface area contributed by atoms with Gasteiger partial charge in [0, 0.05) is 0 Å². The summed E-state index contributed by atoms with van der Waals surface area (Å²) in [5.41, 5.74) is 0.387. The van der Waals surface area contributed by atoms with Crippen LogP contribution in [0, 0.1) is 11.3 Å². The summed E-state index contributed by atoms with van der Waals surface area (Å²) >= 11 is 0. The van der Waals surface area contributed by atoms with Crippen molar-refractivity contribution in [2.45, 2.75) is 19.5 Å². The molecule has 1 rings (SSSR count). The number of alkyl halides is 3. The van der Waals surface area contributed by atoms with Gasteiger partial charge in [-0.05, 0) is 25.1 Å². The van der Waals surface area contributed by atoms with E-state index in [4.69, 9.17) is 10.00 Å². The van der Waals surface area contributed by atoms with Crippen molar-refractivity contribution in [3.05, 3.63) is 29.3 Å². The number of ketones is 1. The van der Waals surface area contributed by atoms with Gasteiger partial charge >= 0.3 is 6.18 Å². The molecule has 1 aromatic carbocycles. The predicted octanol–water partition coefficient (Wildman–Crippen LogP) is 3.09. The third-order valence-corrected chi connectivity index (χ3v) is 2.13. The van der Waals surface area contributed by atoms with Gasteiger partial charge in [-0.25, -0.2) is 0 Å². The summed E-state index contributed by atoms with van der Waals surface area (Å²) in [6.45, 7) is 0.691. The molecular formula is C12H10F3NO2. The van der Waals surface area contributed by atoms with Crippen LogP contribution in [0.3, 0.4) is 0 Å². The van der Waals surface area contributed by atoms with Gasteiger partial charge in [-0.1, -0.05) is 0 Å². The molecule has 0 amide bonds. The number of ether oxygens (including phenoxy) is 1. The highest BCUT2D eigenvalue weighted by Crippen LogP contribution is 2.24. The topological polar surface area (TPSA) is 50.1 Å². The van der Waals surface area contributed by atoms with Gasteiger partial charge in [-0.3, -0.25) is 4.79 Å². The first-order chi connectivity index (χ1) is 8.33. The number of rotatable bonds is 4. The molecule has 0 heterocycles. The fourth-order valence-electron chi connectivity index (χ4n) is 1.28. The molecule has 0 fully saturated rings. The Kier molecular flexibility index (Phi) is 4.32.